The van der Waals surface area contributed by atoms with E-state index >= 15 is 0 Å². The van der Waals surface area contributed by atoms with E-state index in [0.29, 0.717) is 17.5 Å². The summed E-state index contributed by atoms with van der Waals surface area (Å²) in [5.41, 5.74) is 0.768. The summed E-state index contributed by atoms with van der Waals surface area (Å²) in [4.78, 5) is 0. The van der Waals surface area contributed by atoms with Crippen molar-refractivity contribution in [3.8, 4) is 0 Å². The van der Waals surface area contributed by atoms with Crippen LogP contribution >= 0.6 is 23.2 Å². The zero-order valence-electron chi connectivity index (χ0n) is 9.64. The first-order valence-corrected chi connectivity index (χ1v) is 6.32. The molecule has 0 aliphatic carbocycles. The van der Waals surface area contributed by atoms with Gasteiger partial charge in [0.25, 0.3) is 0 Å². The average molecular weight is 305 g/mol. The third-order valence-electron chi connectivity index (χ3n) is 2.71. The molecule has 1 atom stereocenters. The van der Waals surface area contributed by atoms with E-state index in [4.69, 9.17) is 23.2 Å². The van der Waals surface area contributed by atoms with Gasteiger partial charge in [-0.2, -0.15) is 0 Å². The zero-order valence-corrected chi connectivity index (χ0v) is 11.2. The van der Waals surface area contributed by atoms with E-state index < -0.39 is 22.8 Å². The molecule has 0 radical (unpaired) electrons. The molecule has 0 spiro atoms. The largest absolute Gasteiger partial charge is 0.207 e. The lowest BCUT2D eigenvalue weighted by molar-refractivity contribution is 0.489. The molecule has 0 aliphatic rings. The van der Waals surface area contributed by atoms with Gasteiger partial charge >= 0.3 is 0 Å². The smallest absolute Gasteiger partial charge is 0.161 e. The third-order valence-corrected chi connectivity index (χ3v) is 3.35. The topological polar surface area (TPSA) is 0 Å². The molecule has 0 aromatic heterocycles. The monoisotopic (exact) mass is 304 g/mol. The highest BCUT2D eigenvalue weighted by atomic mass is 35.5. The predicted octanol–water partition coefficient (Wildman–Crippen LogP) is 5.28. The Kier molecular flexibility index (Phi) is 4.38. The van der Waals surface area contributed by atoms with Crippen LogP contribution in [0, 0.1) is 17.5 Å². The lowest BCUT2D eigenvalue weighted by Crippen LogP contribution is -2.01. The van der Waals surface area contributed by atoms with Crippen molar-refractivity contribution in [2.24, 2.45) is 0 Å². The number of alkyl halides is 1. The maximum absolute atomic E-state index is 13.5. The van der Waals surface area contributed by atoms with Crippen LogP contribution in [0.2, 0.25) is 5.02 Å². The van der Waals surface area contributed by atoms with E-state index in [9.17, 15) is 13.2 Å². The van der Waals surface area contributed by atoms with Crippen molar-refractivity contribution in [1.82, 2.24) is 0 Å². The van der Waals surface area contributed by atoms with Gasteiger partial charge in [0.05, 0.1) is 5.38 Å². The molecule has 0 bridgehead atoms. The van der Waals surface area contributed by atoms with Crippen molar-refractivity contribution in [2.45, 2.75) is 11.8 Å². The fourth-order valence-corrected chi connectivity index (χ4v) is 2.19. The third kappa shape index (κ3) is 3.43. The summed E-state index contributed by atoms with van der Waals surface area (Å²) in [5, 5.41) is -0.204. The van der Waals surface area contributed by atoms with Crippen LogP contribution < -0.4 is 0 Å². The molecule has 0 heterocycles. The molecule has 100 valence electrons. The summed E-state index contributed by atoms with van der Waals surface area (Å²) in [5.74, 6) is -3.19. The van der Waals surface area contributed by atoms with Crippen LogP contribution in [0.3, 0.4) is 0 Å². The van der Waals surface area contributed by atoms with Crippen molar-refractivity contribution in [2.75, 3.05) is 0 Å². The Bertz CT molecular complexity index is 582. The number of rotatable bonds is 3. The summed E-state index contributed by atoms with van der Waals surface area (Å²) < 4.78 is 39.5. The summed E-state index contributed by atoms with van der Waals surface area (Å²) in [6.45, 7) is 0. The van der Waals surface area contributed by atoms with E-state index in [1.165, 1.54) is 0 Å². The number of hydrogen-bond donors (Lipinski definition) is 0. The van der Waals surface area contributed by atoms with Crippen molar-refractivity contribution < 1.29 is 13.2 Å². The second-order valence-corrected chi connectivity index (χ2v) is 5.05. The molecule has 0 nitrogen and oxygen atoms in total. The fourth-order valence-electron chi connectivity index (χ4n) is 1.72. The van der Waals surface area contributed by atoms with Gasteiger partial charge in [-0.1, -0.05) is 23.7 Å². The highest BCUT2D eigenvalue weighted by Crippen LogP contribution is 2.29. The van der Waals surface area contributed by atoms with Crippen molar-refractivity contribution in [3.05, 3.63) is 70.0 Å². The maximum Gasteiger partial charge on any atom is 0.161 e. The summed E-state index contributed by atoms with van der Waals surface area (Å²) in [6.07, 6.45) is 0.292. The second-order valence-electron chi connectivity index (χ2n) is 4.09. The Morgan fingerprint density at radius 2 is 1.47 bits per heavy atom. The number of hydrogen-bond acceptors (Lipinski definition) is 0. The standard InChI is InChI=1S/C14H9Cl2F3/c15-9-3-1-8(2-4-9)5-11(16)10-6-13(18)14(19)7-12(10)17/h1-4,6-7,11H,5H2. The molecule has 0 saturated heterocycles. The van der Waals surface area contributed by atoms with Gasteiger partial charge in [-0.25, -0.2) is 13.2 Å². The van der Waals surface area contributed by atoms with Crippen LogP contribution in [0.1, 0.15) is 16.5 Å². The lowest BCUT2D eigenvalue weighted by Gasteiger charge is -2.11. The van der Waals surface area contributed by atoms with Crippen LogP contribution in [0.15, 0.2) is 36.4 Å². The minimum atomic E-state index is -1.23. The van der Waals surface area contributed by atoms with E-state index in [1.807, 2.05) is 0 Å². The van der Waals surface area contributed by atoms with Gasteiger partial charge in [0.15, 0.2) is 11.6 Å². The van der Waals surface area contributed by atoms with Crippen LogP contribution in [-0.2, 0) is 6.42 Å². The minimum Gasteiger partial charge on any atom is -0.207 e. The van der Waals surface area contributed by atoms with Crippen molar-refractivity contribution in [3.63, 3.8) is 0 Å². The first-order chi connectivity index (χ1) is 8.97. The first kappa shape index (κ1) is 14.2. The predicted molar refractivity (Wildman–Crippen MR) is 70.1 cm³/mol. The van der Waals surface area contributed by atoms with Gasteiger partial charge in [-0.05, 0) is 30.2 Å². The normalized spacial score (nSPS) is 12.5. The molecule has 2 rings (SSSR count). The van der Waals surface area contributed by atoms with Gasteiger partial charge < -0.3 is 0 Å². The van der Waals surface area contributed by atoms with Crippen LogP contribution in [0.25, 0.3) is 0 Å². The Labute approximate surface area is 118 Å². The first-order valence-electron chi connectivity index (χ1n) is 5.50. The quantitative estimate of drug-likeness (QED) is 0.534. The fraction of sp³-hybridized carbons (Fsp3) is 0.143. The van der Waals surface area contributed by atoms with Gasteiger partial charge in [0, 0.05) is 16.7 Å². The van der Waals surface area contributed by atoms with E-state index in [-0.39, 0.29) is 5.56 Å². The molecule has 0 aliphatic heterocycles. The van der Waals surface area contributed by atoms with E-state index in [2.05, 4.69) is 0 Å². The van der Waals surface area contributed by atoms with Crippen LogP contribution in [0.4, 0.5) is 13.2 Å². The summed E-state index contributed by atoms with van der Waals surface area (Å²) in [7, 11) is 0. The highest BCUT2D eigenvalue weighted by molar-refractivity contribution is 6.30. The second kappa shape index (κ2) is 5.85. The Morgan fingerprint density at radius 3 is 2.11 bits per heavy atom. The maximum atomic E-state index is 13.5. The zero-order chi connectivity index (χ0) is 14.0. The molecule has 2 aromatic carbocycles. The molecule has 5 heteroatoms. The SMILES string of the molecule is Fc1cc(F)c(C(Cl)Cc2ccc(Cl)cc2)cc1F. The molecular formula is C14H9Cl2F3. The molecule has 1 unspecified atom stereocenters. The van der Waals surface area contributed by atoms with Crippen molar-refractivity contribution in [1.29, 1.82) is 0 Å². The summed E-state index contributed by atoms with van der Waals surface area (Å²) in [6, 6.07) is 8.15. The molecule has 2 aromatic rings. The van der Waals surface area contributed by atoms with Gasteiger partial charge in [0.1, 0.15) is 5.82 Å². The molecule has 0 fully saturated rings. The number of halogens is 5. The van der Waals surface area contributed by atoms with Gasteiger partial charge in [0.2, 0.25) is 0 Å². The van der Waals surface area contributed by atoms with Crippen LogP contribution in [-0.4, -0.2) is 0 Å². The molecule has 0 N–H and O–H groups in total. The molecule has 0 saturated carbocycles. The minimum absolute atomic E-state index is 0.0597. The van der Waals surface area contributed by atoms with Gasteiger partial charge in [-0.15, -0.1) is 11.6 Å². The molecular weight excluding hydrogens is 296 g/mol. The lowest BCUT2D eigenvalue weighted by atomic mass is 10.0. The number of benzene rings is 2. The van der Waals surface area contributed by atoms with Gasteiger partial charge in [-0.3, -0.25) is 0 Å². The molecule has 0 amide bonds. The summed E-state index contributed by atoms with van der Waals surface area (Å²) >= 11 is 11.8. The Balaban J connectivity index is 2.22. The van der Waals surface area contributed by atoms with E-state index in [0.717, 1.165) is 11.6 Å². The Hall–Kier alpha value is -1.19. The highest BCUT2D eigenvalue weighted by Gasteiger charge is 2.17. The average Bonchev–Trinajstić information content (AvgIpc) is 2.36. The van der Waals surface area contributed by atoms with Crippen molar-refractivity contribution >= 4 is 23.2 Å². The Morgan fingerprint density at radius 1 is 0.895 bits per heavy atom. The molecule has 19 heavy (non-hydrogen) atoms. The van der Waals surface area contributed by atoms with Crippen LogP contribution in [0.5, 0.6) is 0 Å². The van der Waals surface area contributed by atoms with E-state index in [1.54, 1.807) is 24.3 Å².